The van der Waals surface area contributed by atoms with Crippen molar-refractivity contribution >= 4 is 5.91 Å². The molecule has 0 spiro atoms. The van der Waals surface area contributed by atoms with Gasteiger partial charge in [0.15, 0.2) is 11.5 Å². The summed E-state index contributed by atoms with van der Waals surface area (Å²) >= 11 is 0. The molecule has 5 nitrogen and oxygen atoms in total. The van der Waals surface area contributed by atoms with Crippen LogP contribution in [0.15, 0.2) is 36.7 Å². The zero-order valence-electron chi connectivity index (χ0n) is 16.2. The van der Waals surface area contributed by atoms with Crippen LogP contribution in [0.4, 0.5) is 0 Å². The Morgan fingerprint density at radius 3 is 2.70 bits per heavy atom. The second-order valence-corrected chi connectivity index (χ2v) is 6.83. The first-order valence-electron chi connectivity index (χ1n) is 9.75. The minimum atomic E-state index is 0.0753. The third kappa shape index (κ3) is 4.59. The Morgan fingerprint density at radius 2 is 1.96 bits per heavy atom. The highest BCUT2D eigenvalue weighted by molar-refractivity contribution is 5.98. The molecule has 0 unspecified atom stereocenters. The summed E-state index contributed by atoms with van der Waals surface area (Å²) in [5, 5.41) is 0. The molecule has 3 rings (SSSR count). The molecule has 0 saturated carbocycles. The molecule has 0 fully saturated rings. The molecule has 0 radical (unpaired) electrons. The lowest BCUT2D eigenvalue weighted by Crippen LogP contribution is -2.39. The first-order valence-corrected chi connectivity index (χ1v) is 9.75. The number of unbranched alkanes of at least 4 members (excludes halogenated alkanes) is 2. The van der Waals surface area contributed by atoms with Crippen molar-refractivity contribution in [1.29, 1.82) is 0 Å². The van der Waals surface area contributed by atoms with Crippen molar-refractivity contribution in [3.8, 4) is 11.5 Å². The second kappa shape index (κ2) is 9.40. The van der Waals surface area contributed by atoms with Crippen LogP contribution in [-0.2, 0) is 12.8 Å². The van der Waals surface area contributed by atoms with Crippen LogP contribution < -0.4 is 9.47 Å². The van der Waals surface area contributed by atoms with Gasteiger partial charge in [0, 0.05) is 36.6 Å². The van der Waals surface area contributed by atoms with Crippen LogP contribution in [0.25, 0.3) is 0 Å². The smallest absolute Gasteiger partial charge is 0.254 e. The predicted molar refractivity (Wildman–Crippen MR) is 106 cm³/mol. The van der Waals surface area contributed by atoms with Crippen LogP contribution in [0, 0.1) is 0 Å². The van der Waals surface area contributed by atoms with Crippen molar-refractivity contribution in [3.05, 3.63) is 53.3 Å². The second-order valence-electron chi connectivity index (χ2n) is 6.83. The number of amides is 1. The van der Waals surface area contributed by atoms with Crippen LogP contribution >= 0.6 is 0 Å². The van der Waals surface area contributed by atoms with Gasteiger partial charge >= 0.3 is 0 Å². The quantitative estimate of drug-likeness (QED) is 0.630. The summed E-state index contributed by atoms with van der Waals surface area (Å²) in [6.45, 7) is 4.24. The van der Waals surface area contributed by atoms with E-state index in [9.17, 15) is 4.79 Å². The van der Waals surface area contributed by atoms with E-state index in [-0.39, 0.29) is 5.91 Å². The number of pyridine rings is 1. The minimum absolute atomic E-state index is 0.0753. The van der Waals surface area contributed by atoms with Crippen molar-refractivity contribution in [2.24, 2.45) is 0 Å². The summed E-state index contributed by atoms with van der Waals surface area (Å²) < 4.78 is 11.5. The maximum Gasteiger partial charge on any atom is 0.254 e. The number of hydrogen-bond acceptors (Lipinski definition) is 4. The Bertz CT molecular complexity index is 762. The number of hydrogen-bond donors (Lipinski definition) is 0. The van der Waals surface area contributed by atoms with Crippen molar-refractivity contribution in [2.75, 3.05) is 26.8 Å². The van der Waals surface area contributed by atoms with Crippen molar-refractivity contribution < 1.29 is 14.3 Å². The Kier molecular flexibility index (Phi) is 6.69. The fraction of sp³-hybridized carbons (Fsp3) is 0.455. The maximum absolute atomic E-state index is 13.0. The van der Waals surface area contributed by atoms with Gasteiger partial charge in [0.25, 0.3) is 5.91 Å². The fourth-order valence-corrected chi connectivity index (χ4v) is 3.45. The molecule has 0 aliphatic carbocycles. The number of nitrogens with zero attached hydrogens (tertiary/aromatic N) is 2. The highest BCUT2D eigenvalue weighted by atomic mass is 16.5. The lowest BCUT2D eigenvalue weighted by molar-refractivity contribution is 0.0739. The van der Waals surface area contributed by atoms with Gasteiger partial charge in [-0.1, -0.05) is 19.8 Å². The van der Waals surface area contributed by atoms with Gasteiger partial charge in [-0.15, -0.1) is 0 Å². The highest BCUT2D eigenvalue weighted by Gasteiger charge is 2.28. The van der Waals surface area contributed by atoms with Crippen LogP contribution in [0.5, 0.6) is 11.5 Å². The van der Waals surface area contributed by atoms with Crippen LogP contribution in [0.1, 0.15) is 47.7 Å². The van der Waals surface area contributed by atoms with Gasteiger partial charge in [-0.2, -0.15) is 0 Å². The monoisotopic (exact) mass is 368 g/mol. The molecule has 5 heteroatoms. The number of carbonyl (C=O) groups is 1. The van der Waals surface area contributed by atoms with Crippen LogP contribution in [0.3, 0.4) is 0 Å². The van der Waals surface area contributed by atoms with E-state index in [0.717, 1.165) is 49.0 Å². The summed E-state index contributed by atoms with van der Waals surface area (Å²) in [6, 6.07) is 7.71. The molecule has 1 aromatic heterocycles. The molecular formula is C22H28N2O3. The van der Waals surface area contributed by atoms with Gasteiger partial charge in [-0.3, -0.25) is 9.78 Å². The van der Waals surface area contributed by atoms with Crippen LogP contribution in [-0.4, -0.2) is 42.6 Å². The number of carbonyl (C=O) groups excluding carboxylic acids is 1. The third-order valence-corrected chi connectivity index (χ3v) is 5.01. The van der Waals surface area contributed by atoms with Gasteiger partial charge in [0.2, 0.25) is 0 Å². The van der Waals surface area contributed by atoms with E-state index in [4.69, 9.17) is 9.47 Å². The van der Waals surface area contributed by atoms with E-state index in [1.807, 2.05) is 29.2 Å². The topological polar surface area (TPSA) is 51.7 Å². The molecule has 1 aliphatic rings. The summed E-state index contributed by atoms with van der Waals surface area (Å²) in [5.41, 5.74) is 2.91. The minimum Gasteiger partial charge on any atom is -0.493 e. The standard InChI is InChI=1S/C22H28N2O3/c1-3-4-5-16-27-21-18-11-15-24(14-10-17-8-12-23-13-9-17)22(25)19(18)6-7-20(21)26-2/h6-9,12-13H,3-5,10-11,14-16H2,1-2H3. The van der Waals surface area contributed by atoms with E-state index < -0.39 is 0 Å². The zero-order valence-corrected chi connectivity index (χ0v) is 16.2. The van der Waals surface area contributed by atoms with E-state index >= 15 is 0 Å². The zero-order chi connectivity index (χ0) is 19.1. The average Bonchev–Trinajstić information content (AvgIpc) is 2.71. The first kappa shape index (κ1) is 19.2. The molecule has 2 aromatic rings. The Balaban J connectivity index is 1.73. The van der Waals surface area contributed by atoms with E-state index in [1.54, 1.807) is 19.5 Å². The van der Waals surface area contributed by atoms with E-state index in [1.165, 1.54) is 5.56 Å². The molecule has 0 bridgehead atoms. The lowest BCUT2D eigenvalue weighted by atomic mass is 9.97. The number of fused-ring (bicyclic) bond motifs is 1. The summed E-state index contributed by atoms with van der Waals surface area (Å²) in [4.78, 5) is 19.0. The summed E-state index contributed by atoms with van der Waals surface area (Å²) in [6.07, 6.45) is 8.50. The van der Waals surface area contributed by atoms with Crippen molar-refractivity contribution in [2.45, 2.75) is 39.0 Å². The lowest BCUT2D eigenvalue weighted by Gasteiger charge is -2.30. The van der Waals surface area contributed by atoms with Crippen LogP contribution in [0.2, 0.25) is 0 Å². The summed E-state index contributed by atoms with van der Waals surface area (Å²) in [7, 11) is 1.65. The average molecular weight is 368 g/mol. The molecule has 1 amide bonds. The molecule has 1 aliphatic heterocycles. The third-order valence-electron chi connectivity index (χ3n) is 5.01. The Labute approximate surface area is 161 Å². The van der Waals surface area contributed by atoms with Crippen molar-refractivity contribution in [1.82, 2.24) is 9.88 Å². The normalized spacial score (nSPS) is 13.4. The number of ether oxygens (including phenoxy) is 2. The van der Waals surface area contributed by atoms with Gasteiger partial charge in [0.1, 0.15) is 0 Å². The molecule has 144 valence electrons. The predicted octanol–water partition coefficient (Wildman–Crippen LogP) is 3.90. The molecule has 0 saturated heterocycles. The molecule has 2 heterocycles. The van der Waals surface area contributed by atoms with Gasteiger partial charge in [-0.05, 0) is 49.1 Å². The fourth-order valence-electron chi connectivity index (χ4n) is 3.45. The summed E-state index contributed by atoms with van der Waals surface area (Å²) in [5.74, 6) is 1.53. The van der Waals surface area contributed by atoms with E-state index in [2.05, 4.69) is 11.9 Å². The van der Waals surface area contributed by atoms with E-state index in [0.29, 0.717) is 25.4 Å². The maximum atomic E-state index is 13.0. The van der Waals surface area contributed by atoms with Gasteiger partial charge in [-0.25, -0.2) is 0 Å². The molecule has 27 heavy (non-hydrogen) atoms. The number of methoxy groups -OCH3 is 1. The SMILES string of the molecule is CCCCCOc1c(OC)ccc2c1CCN(CCc1ccncc1)C2=O. The molecule has 0 N–H and O–H groups in total. The largest absolute Gasteiger partial charge is 0.493 e. The molecule has 0 atom stereocenters. The number of benzene rings is 1. The highest BCUT2D eigenvalue weighted by Crippen LogP contribution is 2.36. The molecular weight excluding hydrogens is 340 g/mol. The van der Waals surface area contributed by atoms with Gasteiger partial charge < -0.3 is 14.4 Å². The number of aromatic nitrogens is 1. The molecule has 1 aromatic carbocycles. The Morgan fingerprint density at radius 1 is 1.15 bits per heavy atom. The van der Waals surface area contributed by atoms with Gasteiger partial charge in [0.05, 0.1) is 13.7 Å². The first-order chi connectivity index (χ1) is 13.2. The Hall–Kier alpha value is -2.56. The van der Waals surface area contributed by atoms with Crippen molar-refractivity contribution in [3.63, 3.8) is 0 Å². The number of rotatable bonds is 9.